The summed E-state index contributed by atoms with van der Waals surface area (Å²) in [6.07, 6.45) is -4.55. The SMILES string of the molecule is CCOC(=O)C1(C)CN(CC(=O)N(C(C)=O)c2ccc(C(F)(F)F)cc2)N=C1c1ccc(Cl)cc1. The van der Waals surface area contributed by atoms with Gasteiger partial charge in [-0.15, -0.1) is 0 Å². The van der Waals surface area contributed by atoms with Crippen molar-refractivity contribution in [2.75, 3.05) is 24.6 Å². The zero-order valence-electron chi connectivity index (χ0n) is 19.2. The molecule has 7 nitrogen and oxygen atoms in total. The van der Waals surface area contributed by atoms with Gasteiger partial charge in [-0.05, 0) is 55.8 Å². The van der Waals surface area contributed by atoms with E-state index in [1.165, 1.54) is 5.01 Å². The Kier molecular flexibility index (Phi) is 7.54. The Morgan fingerprint density at radius 3 is 2.23 bits per heavy atom. The van der Waals surface area contributed by atoms with Crippen LogP contribution in [0.4, 0.5) is 18.9 Å². The number of esters is 1. The molecule has 0 N–H and O–H groups in total. The summed E-state index contributed by atoms with van der Waals surface area (Å²) >= 11 is 5.97. The van der Waals surface area contributed by atoms with Crippen molar-refractivity contribution in [3.63, 3.8) is 0 Å². The van der Waals surface area contributed by atoms with E-state index in [-0.39, 0.29) is 18.8 Å². The average molecular weight is 510 g/mol. The first-order chi connectivity index (χ1) is 16.4. The lowest BCUT2D eigenvalue weighted by atomic mass is 9.82. The van der Waals surface area contributed by atoms with Crippen LogP contribution >= 0.6 is 11.6 Å². The van der Waals surface area contributed by atoms with E-state index in [0.717, 1.165) is 36.1 Å². The summed E-state index contributed by atoms with van der Waals surface area (Å²) in [5.74, 6) is -1.93. The van der Waals surface area contributed by atoms with Crippen molar-refractivity contribution >= 4 is 40.8 Å². The highest BCUT2D eigenvalue weighted by Crippen LogP contribution is 2.34. The number of benzene rings is 2. The van der Waals surface area contributed by atoms with E-state index < -0.39 is 41.5 Å². The number of anilines is 1. The molecule has 0 bridgehead atoms. The molecule has 0 spiro atoms. The first-order valence-corrected chi connectivity index (χ1v) is 11.0. The van der Waals surface area contributed by atoms with Gasteiger partial charge in [0.1, 0.15) is 12.0 Å². The maximum Gasteiger partial charge on any atom is 0.416 e. The Morgan fingerprint density at radius 1 is 1.11 bits per heavy atom. The summed E-state index contributed by atoms with van der Waals surface area (Å²) in [5.41, 5.74) is -1.15. The zero-order valence-corrected chi connectivity index (χ0v) is 20.0. The van der Waals surface area contributed by atoms with E-state index in [1.807, 2.05) is 0 Å². The van der Waals surface area contributed by atoms with E-state index in [1.54, 1.807) is 38.1 Å². The minimum Gasteiger partial charge on any atom is -0.465 e. The molecule has 1 aliphatic rings. The van der Waals surface area contributed by atoms with Crippen molar-refractivity contribution < 1.29 is 32.3 Å². The van der Waals surface area contributed by atoms with E-state index in [4.69, 9.17) is 16.3 Å². The Morgan fingerprint density at radius 2 is 1.71 bits per heavy atom. The highest BCUT2D eigenvalue weighted by atomic mass is 35.5. The number of carbonyl (C=O) groups is 3. The van der Waals surface area contributed by atoms with Gasteiger partial charge < -0.3 is 4.74 Å². The summed E-state index contributed by atoms with van der Waals surface area (Å²) in [7, 11) is 0. The molecule has 2 aromatic rings. The van der Waals surface area contributed by atoms with Crippen LogP contribution in [0.3, 0.4) is 0 Å². The quantitative estimate of drug-likeness (QED) is 0.535. The van der Waals surface area contributed by atoms with Gasteiger partial charge >= 0.3 is 12.1 Å². The van der Waals surface area contributed by atoms with E-state index in [0.29, 0.717) is 16.3 Å². The first kappa shape index (κ1) is 26.2. The second-order valence-corrected chi connectivity index (χ2v) is 8.56. The van der Waals surface area contributed by atoms with Gasteiger partial charge in [-0.3, -0.25) is 19.4 Å². The number of alkyl halides is 3. The molecule has 2 aromatic carbocycles. The molecule has 11 heteroatoms. The lowest BCUT2D eigenvalue weighted by molar-refractivity contribution is -0.150. The number of hydrazone groups is 1. The lowest BCUT2D eigenvalue weighted by Gasteiger charge is -2.25. The molecule has 2 amide bonds. The summed E-state index contributed by atoms with van der Waals surface area (Å²) in [4.78, 5) is 38.9. The Bertz CT molecular complexity index is 1150. The smallest absolute Gasteiger partial charge is 0.416 e. The van der Waals surface area contributed by atoms with Gasteiger partial charge in [0.15, 0.2) is 0 Å². The van der Waals surface area contributed by atoms with Crippen molar-refractivity contribution in [2.45, 2.75) is 26.9 Å². The molecule has 1 atom stereocenters. The number of rotatable bonds is 6. The second-order valence-electron chi connectivity index (χ2n) is 8.12. The third-order valence-electron chi connectivity index (χ3n) is 5.44. The maximum atomic E-state index is 13.1. The van der Waals surface area contributed by atoms with Crippen LogP contribution in [0.15, 0.2) is 53.6 Å². The van der Waals surface area contributed by atoms with Gasteiger partial charge in [0.2, 0.25) is 5.91 Å². The lowest BCUT2D eigenvalue weighted by Crippen LogP contribution is -2.44. The molecule has 1 unspecified atom stereocenters. The van der Waals surface area contributed by atoms with Crippen LogP contribution in [0.1, 0.15) is 31.9 Å². The number of imide groups is 1. The molecule has 1 aliphatic heterocycles. The van der Waals surface area contributed by atoms with E-state index in [9.17, 15) is 27.6 Å². The van der Waals surface area contributed by atoms with Crippen LogP contribution in [0.25, 0.3) is 0 Å². The number of hydrogen-bond acceptors (Lipinski definition) is 6. The van der Waals surface area contributed by atoms with Gasteiger partial charge in [-0.1, -0.05) is 23.7 Å². The fourth-order valence-corrected chi connectivity index (χ4v) is 3.91. The normalized spacial score (nSPS) is 17.7. The molecule has 0 fully saturated rings. The van der Waals surface area contributed by atoms with Crippen LogP contribution in [0.2, 0.25) is 5.02 Å². The first-order valence-electron chi connectivity index (χ1n) is 10.6. The van der Waals surface area contributed by atoms with Crippen LogP contribution < -0.4 is 4.90 Å². The van der Waals surface area contributed by atoms with Gasteiger partial charge in [0.25, 0.3) is 5.91 Å². The second kappa shape index (κ2) is 10.1. The summed E-state index contributed by atoms with van der Waals surface area (Å²) in [6, 6.07) is 10.4. The molecular formula is C24H23ClF3N3O4. The molecule has 0 radical (unpaired) electrons. The molecule has 3 rings (SSSR count). The Hall–Kier alpha value is -3.40. The van der Waals surface area contributed by atoms with Crippen molar-refractivity contribution in [3.8, 4) is 0 Å². The summed E-state index contributed by atoms with van der Waals surface area (Å²) in [6.45, 7) is 4.19. The monoisotopic (exact) mass is 509 g/mol. The molecule has 0 aromatic heterocycles. The molecule has 1 heterocycles. The van der Waals surface area contributed by atoms with Gasteiger partial charge in [0.05, 0.1) is 30.1 Å². The largest absolute Gasteiger partial charge is 0.465 e. The average Bonchev–Trinajstić information content (AvgIpc) is 3.11. The minimum absolute atomic E-state index is 0.00567. The van der Waals surface area contributed by atoms with Crippen molar-refractivity contribution in [1.29, 1.82) is 0 Å². The number of hydrogen-bond donors (Lipinski definition) is 0. The maximum absolute atomic E-state index is 13.1. The molecule has 0 saturated carbocycles. The molecule has 0 aliphatic carbocycles. The van der Waals surface area contributed by atoms with E-state index >= 15 is 0 Å². The fourth-order valence-electron chi connectivity index (χ4n) is 3.78. The Labute approximate surface area is 205 Å². The number of carbonyl (C=O) groups excluding carboxylic acids is 3. The zero-order chi connectivity index (χ0) is 26.0. The van der Waals surface area contributed by atoms with Crippen molar-refractivity contribution in [1.82, 2.24) is 5.01 Å². The third-order valence-corrected chi connectivity index (χ3v) is 5.69. The molecular weight excluding hydrogens is 487 g/mol. The number of halogens is 4. The molecule has 186 valence electrons. The van der Waals surface area contributed by atoms with Crippen LogP contribution in [-0.4, -0.2) is 48.2 Å². The van der Waals surface area contributed by atoms with Gasteiger partial charge in [-0.25, -0.2) is 4.90 Å². The summed E-state index contributed by atoms with van der Waals surface area (Å²) in [5, 5.41) is 6.29. The van der Waals surface area contributed by atoms with Gasteiger partial charge in [0, 0.05) is 11.9 Å². The highest BCUT2D eigenvalue weighted by Gasteiger charge is 2.47. The minimum atomic E-state index is -4.55. The molecule has 0 saturated heterocycles. The highest BCUT2D eigenvalue weighted by molar-refractivity contribution is 6.30. The summed E-state index contributed by atoms with van der Waals surface area (Å²) < 4.78 is 43.9. The third kappa shape index (κ3) is 5.64. The molecule has 35 heavy (non-hydrogen) atoms. The fraction of sp³-hybridized carbons (Fsp3) is 0.333. The topological polar surface area (TPSA) is 79.3 Å². The Balaban J connectivity index is 1.89. The predicted octanol–water partition coefficient (Wildman–Crippen LogP) is 4.53. The number of ether oxygens (including phenoxy) is 1. The predicted molar refractivity (Wildman–Crippen MR) is 124 cm³/mol. The number of nitrogens with zero attached hydrogens (tertiary/aromatic N) is 3. The van der Waals surface area contributed by atoms with E-state index in [2.05, 4.69) is 5.10 Å². The van der Waals surface area contributed by atoms with Crippen molar-refractivity contribution in [2.24, 2.45) is 10.5 Å². The standard InChI is InChI=1S/C24H23ClF3N3O4/c1-4-35-22(34)23(3)14-30(29-21(23)16-5-9-18(25)10-6-16)13-20(33)31(15(2)32)19-11-7-17(8-12-19)24(26,27)28/h5-12H,4,13-14H2,1-3H3. The van der Waals surface area contributed by atoms with Crippen molar-refractivity contribution in [3.05, 3.63) is 64.7 Å². The van der Waals surface area contributed by atoms with Crippen LogP contribution in [0.5, 0.6) is 0 Å². The van der Waals surface area contributed by atoms with Gasteiger partial charge in [-0.2, -0.15) is 18.3 Å². The van der Waals surface area contributed by atoms with Crippen LogP contribution in [-0.2, 0) is 25.3 Å². The number of amides is 2. The van der Waals surface area contributed by atoms with Crippen LogP contribution in [0, 0.1) is 5.41 Å².